The summed E-state index contributed by atoms with van der Waals surface area (Å²) < 4.78 is 14.0. The van der Waals surface area contributed by atoms with Crippen molar-refractivity contribution in [1.29, 1.82) is 0 Å². The molecule has 0 unspecified atom stereocenters. The van der Waals surface area contributed by atoms with Gasteiger partial charge in [-0.2, -0.15) is 0 Å². The monoisotopic (exact) mass is 355 g/mol. The van der Waals surface area contributed by atoms with Crippen LogP contribution in [0.5, 0.6) is 0 Å². The van der Waals surface area contributed by atoms with Crippen LogP contribution in [0.4, 0.5) is 15.8 Å². The Balaban J connectivity index is 0.00000208. The summed E-state index contributed by atoms with van der Waals surface area (Å²) in [5, 5.41) is 8.66. The van der Waals surface area contributed by atoms with Crippen LogP contribution in [-0.2, 0) is 9.59 Å². The van der Waals surface area contributed by atoms with Crippen LogP contribution in [0.3, 0.4) is 0 Å². The van der Waals surface area contributed by atoms with E-state index in [4.69, 9.17) is 0 Å². The Labute approximate surface area is 147 Å². The molecule has 3 rings (SSSR count). The summed E-state index contributed by atoms with van der Waals surface area (Å²) in [6, 6.07) is 4.19. The molecule has 7 heteroatoms. The van der Waals surface area contributed by atoms with E-state index in [0.29, 0.717) is 18.2 Å². The Bertz CT molecular complexity index is 640. The summed E-state index contributed by atoms with van der Waals surface area (Å²) in [6.45, 7) is 2.88. The minimum atomic E-state index is -0.498. The van der Waals surface area contributed by atoms with Gasteiger partial charge in [-0.1, -0.05) is 12.8 Å². The average Bonchev–Trinajstić information content (AvgIpc) is 2.95. The molecule has 3 N–H and O–H groups in total. The minimum absolute atomic E-state index is 0. The van der Waals surface area contributed by atoms with E-state index in [9.17, 15) is 14.0 Å². The Morgan fingerprint density at radius 1 is 1.29 bits per heavy atom. The minimum Gasteiger partial charge on any atom is -0.326 e. The maximum absolute atomic E-state index is 14.0. The summed E-state index contributed by atoms with van der Waals surface area (Å²) in [6.07, 6.45) is 4.05. The molecule has 2 amide bonds. The number of anilines is 2. The fraction of sp³-hybridized carbons (Fsp3) is 0.529. The molecule has 1 aromatic rings. The molecule has 0 radical (unpaired) electrons. The second-order valence-corrected chi connectivity index (χ2v) is 6.56. The van der Waals surface area contributed by atoms with Crippen molar-refractivity contribution in [2.24, 2.45) is 11.3 Å². The van der Waals surface area contributed by atoms with Gasteiger partial charge in [0.15, 0.2) is 0 Å². The highest BCUT2D eigenvalue weighted by Gasteiger charge is 2.49. The molecular weight excluding hydrogens is 333 g/mol. The largest absolute Gasteiger partial charge is 0.326 e. The van der Waals surface area contributed by atoms with Crippen LogP contribution in [-0.4, -0.2) is 24.9 Å². The summed E-state index contributed by atoms with van der Waals surface area (Å²) in [5.74, 6) is -0.536. The summed E-state index contributed by atoms with van der Waals surface area (Å²) in [5.41, 5.74) is 0.151. The van der Waals surface area contributed by atoms with Gasteiger partial charge in [-0.15, -0.1) is 12.4 Å². The van der Waals surface area contributed by atoms with Crippen LogP contribution in [0.15, 0.2) is 18.2 Å². The first-order chi connectivity index (χ1) is 11.0. The van der Waals surface area contributed by atoms with Crippen molar-refractivity contribution in [2.75, 3.05) is 23.7 Å². The first kappa shape index (κ1) is 18.7. The molecule has 2 aliphatic rings. The van der Waals surface area contributed by atoms with Crippen molar-refractivity contribution in [2.45, 2.75) is 32.6 Å². The molecule has 2 atom stereocenters. The molecule has 2 fully saturated rings. The molecule has 1 aliphatic heterocycles. The van der Waals surface area contributed by atoms with E-state index in [2.05, 4.69) is 16.0 Å². The second kappa shape index (κ2) is 7.49. The standard InChI is InChI=1S/C17H22FN3O2.ClH/c1-11(22)20-13-5-6-14(18)15(8-13)21-16(23)17-7-3-2-4-12(17)9-19-10-17;/h5-6,8,12,19H,2-4,7,9-10H2,1H3,(H,20,22)(H,21,23);1H/t12-,17+;/m0./s1. The maximum Gasteiger partial charge on any atom is 0.232 e. The van der Waals surface area contributed by atoms with Gasteiger partial charge in [0.1, 0.15) is 5.82 Å². The number of benzene rings is 1. The molecular formula is C17H23ClFN3O2. The smallest absolute Gasteiger partial charge is 0.232 e. The number of nitrogens with one attached hydrogen (secondary N) is 3. The van der Waals surface area contributed by atoms with Gasteiger partial charge in [-0.3, -0.25) is 9.59 Å². The summed E-state index contributed by atoms with van der Waals surface area (Å²) >= 11 is 0. The lowest BCUT2D eigenvalue weighted by Crippen LogP contribution is -2.44. The number of hydrogen-bond donors (Lipinski definition) is 3. The first-order valence-electron chi connectivity index (χ1n) is 8.10. The third-order valence-electron chi connectivity index (χ3n) is 5.03. The predicted octanol–water partition coefficient (Wildman–Crippen LogP) is 2.92. The number of fused-ring (bicyclic) bond motifs is 1. The van der Waals surface area contributed by atoms with Crippen LogP contribution in [0.25, 0.3) is 0 Å². The van der Waals surface area contributed by atoms with Crippen molar-refractivity contribution in [3.8, 4) is 0 Å². The van der Waals surface area contributed by atoms with Crippen LogP contribution in [0, 0.1) is 17.2 Å². The van der Waals surface area contributed by atoms with Crippen LogP contribution < -0.4 is 16.0 Å². The topological polar surface area (TPSA) is 70.2 Å². The fourth-order valence-electron chi connectivity index (χ4n) is 3.84. The van der Waals surface area contributed by atoms with Crippen LogP contribution >= 0.6 is 12.4 Å². The van der Waals surface area contributed by atoms with E-state index in [1.807, 2.05) is 0 Å². The number of carbonyl (C=O) groups excluding carboxylic acids is 2. The van der Waals surface area contributed by atoms with Gasteiger partial charge < -0.3 is 16.0 Å². The second-order valence-electron chi connectivity index (χ2n) is 6.56. The molecule has 0 spiro atoms. The van der Waals surface area contributed by atoms with Gasteiger partial charge >= 0.3 is 0 Å². The van der Waals surface area contributed by atoms with E-state index in [1.54, 1.807) is 0 Å². The highest BCUT2D eigenvalue weighted by Crippen LogP contribution is 2.44. The van der Waals surface area contributed by atoms with E-state index >= 15 is 0 Å². The Hall–Kier alpha value is -1.66. The Morgan fingerprint density at radius 3 is 2.83 bits per heavy atom. The zero-order valence-corrected chi connectivity index (χ0v) is 14.5. The molecule has 1 saturated carbocycles. The van der Waals surface area contributed by atoms with Crippen molar-refractivity contribution in [1.82, 2.24) is 5.32 Å². The van der Waals surface area contributed by atoms with Crippen LogP contribution in [0.2, 0.25) is 0 Å². The average molecular weight is 356 g/mol. The van der Waals surface area contributed by atoms with Gasteiger partial charge in [0.05, 0.1) is 11.1 Å². The van der Waals surface area contributed by atoms with Gasteiger partial charge in [-0.25, -0.2) is 4.39 Å². The molecule has 1 aliphatic carbocycles. The van der Waals surface area contributed by atoms with Gasteiger partial charge in [0.25, 0.3) is 0 Å². The van der Waals surface area contributed by atoms with Crippen molar-refractivity contribution in [3.63, 3.8) is 0 Å². The third kappa shape index (κ3) is 3.54. The number of carbonyl (C=O) groups is 2. The molecule has 0 aromatic heterocycles. The zero-order chi connectivity index (χ0) is 16.4. The van der Waals surface area contributed by atoms with E-state index < -0.39 is 11.2 Å². The van der Waals surface area contributed by atoms with Crippen molar-refractivity contribution in [3.05, 3.63) is 24.0 Å². The quantitative estimate of drug-likeness (QED) is 0.780. The lowest BCUT2D eigenvalue weighted by Gasteiger charge is -2.37. The molecule has 1 aromatic carbocycles. The maximum atomic E-state index is 14.0. The Kier molecular flexibility index (Phi) is 5.83. The number of rotatable bonds is 3. The zero-order valence-electron chi connectivity index (χ0n) is 13.7. The van der Waals surface area contributed by atoms with Crippen molar-refractivity contribution >= 4 is 35.6 Å². The molecule has 5 nitrogen and oxygen atoms in total. The van der Waals surface area contributed by atoms with E-state index in [1.165, 1.54) is 25.1 Å². The third-order valence-corrected chi connectivity index (χ3v) is 5.03. The van der Waals surface area contributed by atoms with Gasteiger partial charge in [0, 0.05) is 19.2 Å². The van der Waals surface area contributed by atoms with Gasteiger partial charge in [0.2, 0.25) is 11.8 Å². The highest BCUT2D eigenvalue weighted by atomic mass is 35.5. The first-order valence-corrected chi connectivity index (χ1v) is 8.10. The summed E-state index contributed by atoms with van der Waals surface area (Å²) in [7, 11) is 0. The SMILES string of the molecule is CC(=O)Nc1ccc(F)c(NC(=O)[C@@]23CCCC[C@H]2CNC3)c1.Cl. The van der Waals surface area contributed by atoms with Gasteiger partial charge in [-0.05, 0) is 43.5 Å². The number of hydrogen-bond acceptors (Lipinski definition) is 3. The number of halogens is 2. The van der Waals surface area contributed by atoms with Crippen LogP contribution in [0.1, 0.15) is 32.6 Å². The van der Waals surface area contributed by atoms with E-state index in [0.717, 1.165) is 32.2 Å². The lowest BCUT2D eigenvalue weighted by atomic mass is 9.67. The van der Waals surface area contributed by atoms with E-state index in [-0.39, 0.29) is 29.9 Å². The fourth-order valence-corrected chi connectivity index (χ4v) is 3.84. The molecule has 1 saturated heterocycles. The number of amides is 2. The summed E-state index contributed by atoms with van der Waals surface area (Å²) in [4.78, 5) is 24.0. The molecule has 132 valence electrons. The Morgan fingerprint density at radius 2 is 2.08 bits per heavy atom. The predicted molar refractivity (Wildman–Crippen MR) is 93.8 cm³/mol. The van der Waals surface area contributed by atoms with Crippen molar-refractivity contribution < 1.29 is 14.0 Å². The normalized spacial score (nSPS) is 25.3. The molecule has 1 heterocycles. The highest BCUT2D eigenvalue weighted by molar-refractivity contribution is 5.97. The lowest BCUT2D eigenvalue weighted by molar-refractivity contribution is -0.128. The molecule has 0 bridgehead atoms. The molecule has 24 heavy (non-hydrogen) atoms.